The van der Waals surface area contributed by atoms with Crippen LogP contribution >= 0.6 is 0 Å². The Hall–Kier alpha value is -2.17. The number of amides is 2. The molecule has 1 aromatic rings. The molecule has 2 N–H and O–H groups in total. The van der Waals surface area contributed by atoms with Crippen LogP contribution in [-0.4, -0.2) is 30.1 Å². The molecule has 0 spiro atoms. The van der Waals surface area contributed by atoms with Crippen molar-refractivity contribution >= 4 is 18.0 Å². The number of Topliss-reactive ketones (excluding diaryl/α,β-unsaturated/α-hetero) is 1. The highest BCUT2D eigenvalue weighted by atomic mass is 16.2. The lowest BCUT2D eigenvalue weighted by Crippen LogP contribution is -2.27. The average molecular weight is 205 g/mol. The van der Waals surface area contributed by atoms with E-state index in [9.17, 15) is 9.59 Å². The van der Waals surface area contributed by atoms with E-state index in [-0.39, 0.29) is 5.78 Å². The van der Waals surface area contributed by atoms with E-state index in [4.69, 9.17) is 5.73 Å². The number of rotatable bonds is 3. The summed E-state index contributed by atoms with van der Waals surface area (Å²) >= 11 is 0. The Labute approximate surface area is 87.2 Å². The van der Waals surface area contributed by atoms with Crippen LogP contribution in [0.1, 0.15) is 10.4 Å². The number of hydrazone groups is 1. The van der Waals surface area contributed by atoms with Crippen molar-refractivity contribution in [3.05, 3.63) is 35.9 Å². The monoisotopic (exact) mass is 205 g/mol. The molecule has 0 atom stereocenters. The van der Waals surface area contributed by atoms with Crippen LogP contribution < -0.4 is 5.73 Å². The van der Waals surface area contributed by atoms with E-state index in [1.807, 2.05) is 6.07 Å². The van der Waals surface area contributed by atoms with Crippen LogP contribution in [0, 0.1) is 0 Å². The summed E-state index contributed by atoms with van der Waals surface area (Å²) in [6.45, 7) is 0. The number of hydrogen-bond acceptors (Lipinski definition) is 3. The predicted octanol–water partition coefficient (Wildman–Crippen LogP) is 0.866. The number of hydrogen-bond donors (Lipinski definition) is 1. The molecular formula is C10H11N3O2. The highest BCUT2D eigenvalue weighted by molar-refractivity contribution is 6.35. The fourth-order valence-corrected chi connectivity index (χ4v) is 0.873. The third-order valence-corrected chi connectivity index (χ3v) is 1.73. The molecule has 0 aliphatic carbocycles. The molecule has 0 saturated carbocycles. The van der Waals surface area contributed by atoms with E-state index >= 15 is 0 Å². The van der Waals surface area contributed by atoms with Crippen molar-refractivity contribution in [3.63, 3.8) is 0 Å². The van der Waals surface area contributed by atoms with Crippen molar-refractivity contribution in [3.8, 4) is 0 Å². The van der Waals surface area contributed by atoms with E-state index in [0.29, 0.717) is 5.56 Å². The molecular weight excluding hydrogens is 194 g/mol. The third kappa shape index (κ3) is 3.22. The zero-order valence-electron chi connectivity index (χ0n) is 8.25. The molecule has 0 unspecified atom stereocenters. The van der Waals surface area contributed by atoms with Crippen LogP contribution in [0.15, 0.2) is 35.4 Å². The number of ketones is 1. The quantitative estimate of drug-likeness (QED) is 0.451. The third-order valence-electron chi connectivity index (χ3n) is 1.73. The average Bonchev–Trinajstić information content (AvgIpc) is 2.26. The number of primary amides is 1. The van der Waals surface area contributed by atoms with Gasteiger partial charge in [-0.25, -0.2) is 9.80 Å². The summed E-state index contributed by atoms with van der Waals surface area (Å²) < 4.78 is 0. The van der Waals surface area contributed by atoms with E-state index in [0.717, 1.165) is 11.2 Å². The molecule has 0 fully saturated rings. The Kier molecular flexibility index (Phi) is 3.56. The van der Waals surface area contributed by atoms with Crippen molar-refractivity contribution in [2.24, 2.45) is 10.8 Å². The van der Waals surface area contributed by atoms with Gasteiger partial charge in [-0.15, -0.1) is 0 Å². The second-order valence-corrected chi connectivity index (χ2v) is 2.84. The minimum Gasteiger partial charge on any atom is -0.350 e. The molecule has 78 valence electrons. The lowest BCUT2D eigenvalue weighted by molar-refractivity contribution is 0.106. The summed E-state index contributed by atoms with van der Waals surface area (Å²) in [5.74, 6) is -0.274. The van der Waals surface area contributed by atoms with Crippen molar-refractivity contribution in [1.29, 1.82) is 0 Å². The van der Waals surface area contributed by atoms with E-state index in [1.165, 1.54) is 7.05 Å². The van der Waals surface area contributed by atoms with Gasteiger partial charge in [0.2, 0.25) is 5.78 Å². The van der Waals surface area contributed by atoms with Crippen molar-refractivity contribution < 1.29 is 9.59 Å². The van der Waals surface area contributed by atoms with Gasteiger partial charge in [0, 0.05) is 12.6 Å². The molecule has 0 aromatic heterocycles. The Bertz CT molecular complexity index is 387. The number of nitrogens with zero attached hydrogens (tertiary/aromatic N) is 2. The highest BCUT2D eigenvalue weighted by Gasteiger charge is 2.03. The number of benzene rings is 1. The van der Waals surface area contributed by atoms with Crippen molar-refractivity contribution in [2.45, 2.75) is 0 Å². The Morgan fingerprint density at radius 2 is 1.93 bits per heavy atom. The second-order valence-electron chi connectivity index (χ2n) is 2.84. The van der Waals surface area contributed by atoms with Gasteiger partial charge in [0.05, 0.1) is 6.21 Å². The van der Waals surface area contributed by atoms with Crippen LogP contribution in [0.3, 0.4) is 0 Å². The van der Waals surface area contributed by atoms with Crippen LogP contribution in [0.25, 0.3) is 0 Å². The summed E-state index contributed by atoms with van der Waals surface area (Å²) in [4.78, 5) is 22.0. The maximum Gasteiger partial charge on any atom is 0.334 e. The molecule has 1 rings (SSSR count). The maximum absolute atomic E-state index is 11.4. The standard InChI is InChI=1S/C10H11N3O2/c1-13(10(11)15)12-7-9(14)8-5-3-2-4-6-8/h2-7H,1H3,(H2,11,15)/b12-7+. The second kappa shape index (κ2) is 4.90. The van der Waals surface area contributed by atoms with E-state index in [1.54, 1.807) is 24.3 Å². The van der Waals surface area contributed by atoms with E-state index < -0.39 is 6.03 Å². The van der Waals surface area contributed by atoms with Crippen LogP contribution in [0.5, 0.6) is 0 Å². The summed E-state index contributed by atoms with van der Waals surface area (Å²) in [5, 5.41) is 4.47. The first-order valence-electron chi connectivity index (χ1n) is 4.28. The number of carbonyl (C=O) groups excluding carboxylic acids is 2. The lowest BCUT2D eigenvalue weighted by atomic mass is 10.1. The first-order chi connectivity index (χ1) is 7.11. The number of urea groups is 1. The summed E-state index contributed by atoms with van der Waals surface area (Å²) in [7, 11) is 1.37. The fraction of sp³-hybridized carbons (Fsp3) is 0.100. The van der Waals surface area contributed by atoms with E-state index in [2.05, 4.69) is 5.10 Å². The van der Waals surface area contributed by atoms with Crippen molar-refractivity contribution in [2.75, 3.05) is 7.05 Å². The van der Waals surface area contributed by atoms with Gasteiger partial charge in [-0.05, 0) is 0 Å². The molecule has 5 nitrogen and oxygen atoms in total. The zero-order valence-corrected chi connectivity index (χ0v) is 8.25. The summed E-state index contributed by atoms with van der Waals surface area (Å²) in [5.41, 5.74) is 5.44. The molecule has 5 heteroatoms. The van der Waals surface area contributed by atoms with Gasteiger partial charge in [0.25, 0.3) is 0 Å². The smallest absolute Gasteiger partial charge is 0.334 e. The van der Waals surface area contributed by atoms with Crippen LogP contribution in [0.2, 0.25) is 0 Å². The van der Waals surface area contributed by atoms with Gasteiger partial charge >= 0.3 is 6.03 Å². The molecule has 0 radical (unpaired) electrons. The van der Waals surface area contributed by atoms with Gasteiger partial charge in [0.15, 0.2) is 0 Å². The first-order valence-corrected chi connectivity index (χ1v) is 4.28. The number of carbonyl (C=O) groups is 2. The maximum atomic E-state index is 11.4. The molecule has 1 aromatic carbocycles. The zero-order chi connectivity index (χ0) is 11.3. The largest absolute Gasteiger partial charge is 0.350 e. The van der Waals surface area contributed by atoms with Crippen molar-refractivity contribution in [1.82, 2.24) is 5.01 Å². The first kappa shape index (κ1) is 10.9. The Morgan fingerprint density at radius 3 is 2.47 bits per heavy atom. The highest BCUT2D eigenvalue weighted by Crippen LogP contribution is 1.98. The molecule has 0 aliphatic rings. The molecule has 0 heterocycles. The fourth-order valence-electron chi connectivity index (χ4n) is 0.873. The van der Waals surface area contributed by atoms with Gasteiger partial charge < -0.3 is 5.73 Å². The molecule has 15 heavy (non-hydrogen) atoms. The minimum atomic E-state index is -0.716. The lowest BCUT2D eigenvalue weighted by Gasteiger charge is -2.04. The topological polar surface area (TPSA) is 75.8 Å². The van der Waals surface area contributed by atoms with Gasteiger partial charge in [0.1, 0.15) is 0 Å². The van der Waals surface area contributed by atoms with Crippen LogP contribution in [0.4, 0.5) is 4.79 Å². The molecule has 2 amide bonds. The summed E-state index contributed by atoms with van der Waals surface area (Å²) in [6.07, 6.45) is 1.06. The van der Waals surface area contributed by atoms with Crippen LogP contribution in [-0.2, 0) is 0 Å². The van der Waals surface area contributed by atoms with Gasteiger partial charge in [-0.2, -0.15) is 5.10 Å². The normalized spacial score (nSPS) is 10.2. The molecule has 0 bridgehead atoms. The van der Waals surface area contributed by atoms with Gasteiger partial charge in [-0.1, -0.05) is 30.3 Å². The molecule has 0 aliphatic heterocycles. The minimum absolute atomic E-state index is 0.274. The summed E-state index contributed by atoms with van der Waals surface area (Å²) in [6, 6.07) is 7.92. The SMILES string of the molecule is CN(/N=C/C(=O)c1ccccc1)C(N)=O. The predicted molar refractivity (Wildman–Crippen MR) is 56.6 cm³/mol. The Balaban J connectivity index is 2.68. The number of nitrogens with two attached hydrogens (primary N) is 1. The molecule has 0 saturated heterocycles. The Morgan fingerprint density at radius 1 is 1.33 bits per heavy atom. The van der Waals surface area contributed by atoms with Gasteiger partial charge in [-0.3, -0.25) is 4.79 Å².